The molecule has 8 heteroatoms. The van der Waals surface area contributed by atoms with E-state index >= 15 is 0 Å². The summed E-state index contributed by atoms with van der Waals surface area (Å²) in [4.78, 5) is 27.1. The first kappa shape index (κ1) is 20.4. The Balaban J connectivity index is 1.37. The van der Waals surface area contributed by atoms with Crippen LogP contribution in [-0.2, 0) is 4.79 Å². The van der Waals surface area contributed by atoms with Crippen molar-refractivity contribution >= 4 is 11.9 Å². The van der Waals surface area contributed by atoms with Gasteiger partial charge in [0.25, 0.3) is 5.92 Å². The van der Waals surface area contributed by atoms with E-state index in [9.17, 15) is 23.6 Å². The van der Waals surface area contributed by atoms with Crippen LogP contribution in [-0.4, -0.2) is 47.4 Å². The zero-order valence-electron chi connectivity index (χ0n) is 16.8. The number of hydrogen-bond donors (Lipinski definition) is 2. The van der Waals surface area contributed by atoms with Crippen molar-refractivity contribution in [3.8, 4) is 6.07 Å². The number of urea groups is 1. The second-order valence-corrected chi connectivity index (χ2v) is 9.73. The van der Waals surface area contributed by atoms with Gasteiger partial charge in [-0.2, -0.15) is 5.26 Å². The Morgan fingerprint density at radius 3 is 2.28 bits per heavy atom. The quantitative estimate of drug-likeness (QED) is 0.678. The van der Waals surface area contributed by atoms with E-state index in [0.29, 0.717) is 31.3 Å². The number of nitriles is 1. The Labute approximate surface area is 170 Å². The summed E-state index contributed by atoms with van der Waals surface area (Å²) >= 11 is 0. The lowest BCUT2D eigenvalue weighted by molar-refractivity contribution is -0.126. The minimum absolute atomic E-state index is 0.0130. The van der Waals surface area contributed by atoms with Crippen molar-refractivity contribution in [2.24, 2.45) is 11.3 Å². The molecule has 0 aromatic rings. The lowest BCUT2D eigenvalue weighted by Gasteiger charge is -2.48. The number of piperidine rings is 1. The zero-order chi connectivity index (χ0) is 20.7. The predicted octanol–water partition coefficient (Wildman–Crippen LogP) is 3.33. The minimum Gasteiger partial charge on any atom is -0.336 e. The van der Waals surface area contributed by atoms with E-state index in [1.165, 1.54) is 19.3 Å². The molecule has 3 amide bonds. The number of carbonyl (C=O) groups excluding carboxylic acids is 2. The highest BCUT2D eigenvalue weighted by molar-refractivity contribution is 5.88. The Kier molecular flexibility index (Phi) is 5.20. The van der Waals surface area contributed by atoms with E-state index < -0.39 is 35.9 Å². The normalized spacial score (nSPS) is 25.5. The maximum Gasteiger partial charge on any atom is 0.318 e. The van der Waals surface area contributed by atoms with E-state index in [1.54, 1.807) is 4.90 Å². The van der Waals surface area contributed by atoms with Gasteiger partial charge in [0.15, 0.2) is 0 Å². The van der Waals surface area contributed by atoms with Crippen molar-refractivity contribution in [2.75, 3.05) is 13.1 Å². The van der Waals surface area contributed by atoms with Gasteiger partial charge >= 0.3 is 6.03 Å². The number of rotatable bonds is 7. The van der Waals surface area contributed by atoms with Crippen LogP contribution >= 0.6 is 0 Å². The van der Waals surface area contributed by atoms with Crippen molar-refractivity contribution in [3.63, 3.8) is 0 Å². The van der Waals surface area contributed by atoms with Crippen molar-refractivity contribution in [1.82, 2.24) is 15.5 Å². The molecule has 6 nitrogen and oxygen atoms in total. The van der Waals surface area contributed by atoms with Gasteiger partial charge in [-0.1, -0.05) is 6.42 Å². The van der Waals surface area contributed by atoms with Crippen LogP contribution in [0.4, 0.5) is 13.6 Å². The topological polar surface area (TPSA) is 85.2 Å². The zero-order valence-corrected chi connectivity index (χ0v) is 16.8. The average molecular weight is 408 g/mol. The predicted molar refractivity (Wildman–Crippen MR) is 102 cm³/mol. The highest BCUT2D eigenvalue weighted by atomic mass is 19.3. The smallest absolute Gasteiger partial charge is 0.318 e. The highest BCUT2D eigenvalue weighted by Gasteiger charge is 2.48. The van der Waals surface area contributed by atoms with Crippen LogP contribution in [0.3, 0.4) is 0 Å². The van der Waals surface area contributed by atoms with E-state index in [4.69, 9.17) is 0 Å². The molecule has 0 aromatic carbocycles. The number of nitrogens with one attached hydrogen (secondary N) is 2. The molecule has 1 heterocycles. The van der Waals surface area contributed by atoms with E-state index in [2.05, 4.69) is 10.6 Å². The van der Waals surface area contributed by atoms with Crippen LogP contribution in [0.25, 0.3) is 0 Å². The van der Waals surface area contributed by atoms with Gasteiger partial charge in [-0.15, -0.1) is 0 Å². The number of likely N-dealkylation sites (tertiary alicyclic amines) is 1. The molecule has 4 rings (SSSR count). The third kappa shape index (κ3) is 4.81. The Bertz CT molecular complexity index is 698. The van der Waals surface area contributed by atoms with Crippen LogP contribution in [0.2, 0.25) is 0 Å². The van der Waals surface area contributed by atoms with Gasteiger partial charge in [-0.3, -0.25) is 4.79 Å². The first-order valence-corrected chi connectivity index (χ1v) is 10.9. The van der Waals surface area contributed by atoms with Crippen molar-refractivity contribution < 1.29 is 18.4 Å². The van der Waals surface area contributed by atoms with E-state index in [0.717, 1.165) is 25.7 Å². The summed E-state index contributed by atoms with van der Waals surface area (Å²) in [5.41, 5.74) is -0.580. The van der Waals surface area contributed by atoms with Gasteiger partial charge in [-0.25, -0.2) is 13.6 Å². The van der Waals surface area contributed by atoms with Gasteiger partial charge in [0.1, 0.15) is 11.6 Å². The van der Waals surface area contributed by atoms with Crippen LogP contribution in [0.15, 0.2) is 0 Å². The van der Waals surface area contributed by atoms with Gasteiger partial charge in [0.05, 0.1) is 6.07 Å². The average Bonchev–Trinajstić information content (AvgIpc) is 3.57. The molecule has 0 aromatic heterocycles. The van der Waals surface area contributed by atoms with Crippen molar-refractivity contribution in [2.45, 2.75) is 88.1 Å². The maximum atomic E-state index is 14.5. The molecule has 0 radical (unpaired) electrons. The maximum absolute atomic E-state index is 14.5. The first-order valence-electron chi connectivity index (χ1n) is 10.9. The van der Waals surface area contributed by atoms with Crippen LogP contribution in [0.5, 0.6) is 0 Å². The third-order valence-corrected chi connectivity index (χ3v) is 7.25. The molecule has 0 bridgehead atoms. The molecule has 29 heavy (non-hydrogen) atoms. The summed E-state index contributed by atoms with van der Waals surface area (Å²) in [6.07, 6.45) is 7.18. The summed E-state index contributed by atoms with van der Waals surface area (Å²) in [7, 11) is 0. The molecule has 4 fully saturated rings. The fraction of sp³-hybridized carbons (Fsp3) is 0.857. The molecule has 4 aliphatic rings. The second-order valence-electron chi connectivity index (χ2n) is 9.73. The fourth-order valence-electron chi connectivity index (χ4n) is 4.65. The summed E-state index contributed by atoms with van der Waals surface area (Å²) in [6, 6.07) is 0.252. The second kappa shape index (κ2) is 7.41. The molecule has 1 aliphatic heterocycles. The summed E-state index contributed by atoms with van der Waals surface area (Å²) in [6.45, 7) is 1.20. The van der Waals surface area contributed by atoms with Crippen LogP contribution in [0, 0.1) is 22.7 Å². The van der Waals surface area contributed by atoms with Gasteiger partial charge in [0.2, 0.25) is 5.91 Å². The van der Waals surface area contributed by atoms with Crippen molar-refractivity contribution in [1.29, 1.82) is 5.26 Å². The first-order chi connectivity index (χ1) is 13.7. The number of hydrogen-bond acceptors (Lipinski definition) is 3. The highest BCUT2D eigenvalue weighted by Crippen LogP contribution is 2.48. The standard InChI is InChI=1S/C21H30F2N4O2/c22-21(23,12-15-2-3-15)13-16(17(28)26-20(14-24)6-7-20)25-18(29)27-10-8-19(9-11-27)4-1-5-19/h15-16H,1-13H2,(H,25,29)(H,26,28). The molecule has 1 saturated heterocycles. The van der Waals surface area contributed by atoms with E-state index in [1.807, 2.05) is 6.07 Å². The third-order valence-electron chi connectivity index (χ3n) is 7.25. The minimum atomic E-state index is -3.02. The number of halogens is 2. The molecule has 2 N–H and O–H groups in total. The molecular formula is C21H30F2N4O2. The molecule has 3 aliphatic carbocycles. The molecular weight excluding hydrogens is 378 g/mol. The fourth-order valence-corrected chi connectivity index (χ4v) is 4.65. The summed E-state index contributed by atoms with van der Waals surface area (Å²) < 4.78 is 29.0. The monoisotopic (exact) mass is 408 g/mol. The molecule has 1 spiro atoms. The number of amides is 3. The summed E-state index contributed by atoms with van der Waals surface area (Å²) in [5, 5.41) is 14.3. The van der Waals surface area contributed by atoms with Gasteiger partial charge in [0, 0.05) is 25.9 Å². The van der Waals surface area contributed by atoms with Crippen molar-refractivity contribution in [3.05, 3.63) is 0 Å². The van der Waals surface area contributed by atoms with Crippen LogP contribution < -0.4 is 10.6 Å². The summed E-state index contributed by atoms with van der Waals surface area (Å²) in [5.74, 6) is -3.68. The SMILES string of the molecule is N#CC1(NC(=O)C(CC(F)(F)CC2CC2)NC(=O)N2CCC3(CCC3)CC2)CC1. The number of carbonyl (C=O) groups is 2. The Hall–Kier alpha value is -1.91. The Morgan fingerprint density at radius 2 is 1.79 bits per heavy atom. The molecule has 3 saturated carbocycles. The number of alkyl halides is 2. The Morgan fingerprint density at radius 1 is 1.14 bits per heavy atom. The molecule has 160 valence electrons. The van der Waals surface area contributed by atoms with Crippen LogP contribution in [0.1, 0.15) is 70.6 Å². The molecule has 1 unspecified atom stereocenters. The van der Waals surface area contributed by atoms with E-state index in [-0.39, 0.29) is 12.3 Å². The van der Waals surface area contributed by atoms with Gasteiger partial charge < -0.3 is 15.5 Å². The number of nitrogens with zero attached hydrogens (tertiary/aromatic N) is 2. The lowest BCUT2D eigenvalue weighted by Crippen LogP contribution is -2.56. The largest absolute Gasteiger partial charge is 0.336 e. The molecule has 1 atom stereocenters. The lowest BCUT2D eigenvalue weighted by atomic mass is 9.63. The van der Waals surface area contributed by atoms with Gasteiger partial charge in [-0.05, 0) is 62.7 Å².